The van der Waals surface area contributed by atoms with E-state index in [1.807, 2.05) is 0 Å². The number of carbonyl (C=O) groups is 1. The van der Waals surface area contributed by atoms with Crippen molar-refractivity contribution in [3.63, 3.8) is 0 Å². The van der Waals surface area contributed by atoms with E-state index in [-0.39, 0.29) is 15.7 Å². The number of nitrogens with zero attached hydrogens (tertiary/aromatic N) is 1. The van der Waals surface area contributed by atoms with E-state index in [0.29, 0.717) is 39.0 Å². The molecule has 1 heterocycles. The van der Waals surface area contributed by atoms with E-state index in [9.17, 15) is 22.4 Å². The summed E-state index contributed by atoms with van der Waals surface area (Å²) in [5, 5.41) is 2.37. The van der Waals surface area contributed by atoms with Gasteiger partial charge < -0.3 is 0 Å². The maximum atomic E-state index is 13.3. The van der Waals surface area contributed by atoms with Crippen molar-refractivity contribution >= 4 is 56.0 Å². The van der Waals surface area contributed by atoms with Gasteiger partial charge in [-0.15, -0.1) is 0 Å². The number of rotatable bonds is 4. The summed E-state index contributed by atoms with van der Waals surface area (Å²) in [5.41, 5.74) is 0.268. The Kier molecular flexibility index (Phi) is 5.16. The predicted octanol–water partition coefficient (Wildman–Crippen LogP) is 5.79. The highest BCUT2D eigenvalue weighted by molar-refractivity contribution is 7.99. The standard InChI is InChI=1S/C15H7ClF4N2OS2/c16-8-5-10(18)9(17)4-7(8)13(23)22-15-21-11-2-1-6(24-14(19)20)3-12(11)25-15/h1-5,14H,(H,21,22,23). The van der Waals surface area contributed by atoms with Gasteiger partial charge in [-0.2, -0.15) is 8.78 Å². The van der Waals surface area contributed by atoms with E-state index in [2.05, 4.69) is 10.3 Å². The van der Waals surface area contributed by atoms with Crippen LogP contribution in [-0.4, -0.2) is 16.6 Å². The summed E-state index contributed by atoms with van der Waals surface area (Å²) in [6, 6.07) is 5.98. The third-order valence-corrected chi connectivity index (χ3v) is 5.01. The molecule has 130 valence electrons. The van der Waals surface area contributed by atoms with Crippen molar-refractivity contribution in [2.45, 2.75) is 10.7 Å². The summed E-state index contributed by atoms with van der Waals surface area (Å²) in [7, 11) is 0. The summed E-state index contributed by atoms with van der Waals surface area (Å²) in [6.45, 7) is 0. The fourth-order valence-corrected chi connectivity index (χ4v) is 3.74. The molecule has 0 fully saturated rings. The van der Waals surface area contributed by atoms with Gasteiger partial charge in [-0.3, -0.25) is 10.1 Å². The van der Waals surface area contributed by atoms with Gasteiger partial charge in [0.15, 0.2) is 16.8 Å². The lowest BCUT2D eigenvalue weighted by molar-refractivity contribution is 0.102. The van der Waals surface area contributed by atoms with Gasteiger partial charge in [0.2, 0.25) is 0 Å². The van der Waals surface area contributed by atoms with E-state index in [4.69, 9.17) is 11.6 Å². The summed E-state index contributed by atoms with van der Waals surface area (Å²) in [6.07, 6.45) is 0. The van der Waals surface area contributed by atoms with Crippen molar-refractivity contribution in [3.05, 3.63) is 52.6 Å². The van der Waals surface area contributed by atoms with Gasteiger partial charge in [-0.25, -0.2) is 13.8 Å². The van der Waals surface area contributed by atoms with Gasteiger partial charge >= 0.3 is 0 Å². The lowest BCUT2D eigenvalue weighted by Crippen LogP contribution is -2.13. The Morgan fingerprint density at radius 1 is 1.20 bits per heavy atom. The van der Waals surface area contributed by atoms with E-state index < -0.39 is 23.3 Å². The van der Waals surface area contributed by atoms with Crippen molar-refractivity contribution in [2.75, 3.05) is 5.32 Å². The number of benzene rings is 2. The molecule has 0 saturated heterocycles. The van der Waals surface area contributed by atoms with Crippen LogP contribution in [0.15, 0.2) is 35.2 Å². The number of nitrogens with one attached hydrogen (secondary N) is 1. The molecule has 3 nitrogen and oxygen atoms in total. The van der Waals surface area contributed by atoms with Crippen LogP contribution >= 0.6 is 34.7 Å². The smallest absolute Gasteiger partial charge is 0.288 e. The molecule has 0 spiro atoms. The molecule has 1 N–H and O–H groups in total. The molecule has 25 heavy (non-hydrogen) atoms. The number of anilines is 1. The van der Waals surface area contributed by atoms with Gasteiger partial charge in [0.05, 0.1) is 20.8 Å². The van der Waals surface area contributed by atoms with Crippen LogP contribution in [0.1, 0.15) is 10.4 Å². The van der Waals surface area contributed by atoms with E-state index in [0.717, 1.165) is 11.3 Å². The van der Waals surface area contributed by atoms with Gasteiger partial charge in [-0.1, -0.05) is 34.7 Å². The SMILES string of the molecule is O=C(Nc1nc2ccc(SC(F)F)cc2s1)c1cc(F)c(F)cc1Cl. The molecular weight excluding hydrogens is 400 g/mol. The highest BCUT2D eigenvalue weighted by Gasteiger charge is 2.17. The van der Waals surface area contributed by atoms with Crippen LogP contribution in [0.4, 0.5) is 22.7 Å². The normalized spacial score (nSPS) is 11.3. The summed E-state index contributed by atoms with van der Waals surface area (Å²) in [4.78, 5) is 16.7. The monoisotopic (exact) mass is 406 g/mol. The van der Waals surface area contributed by atoms with Crippen LogP contribution in [-0.2, 0) is 0 Å². The van der Waals surface area contributed by atoms with Crippen molar-refractivity contribution in [1.82, 2.24) is 4.98 Å². The molecule has 0 aliphatic heterocycles. The van der Waals surface area contributed by atoms with Crippen LogP contribution in [0.5, 0.6) is 0 Å². The van der Waals surface area contributed by atoms with Crippen LogP contribution < -0.4 is 5.32 Å². The van der Waals surface area contributed by atoms with Crippen molar-refractivity contribution in [1.29, 1.82) is 0 Å². The molecular formula is C15H7ClF4N2OS2. The van der Waals surface area contributed by atoms with Gasteiger partial charge in [0.25, 0.3) is 11.7 Å². The molecule has 3 rings (SSSR count). The average molecular weight is 407 g/mol. The molecule has 0 atom stereocenters. The molecule has 0 bridgehead atoms. The topological polar surface area (TPSA) is 42.0 Å². The van der Waals surface area contributed by atoms with Gasteiger partial charge in [0, 0.05) is 4.90 Å². The Balaban J connectivity index is 1.85. The first-order chi connectivity index (χ1) is 11.8. The Bertz CT molecular complexity index is 964. The molecule has 1 amide bonds. The summed E-state index contributed by atoms with van der Waals surface area (Å²) in [5.74, 6) is -5.66. The number of hydrogen-bond acceptors (Lipinski definition) is 4. The second-order valence-corrected chi connectivity index (χ2v) is 7.23. The number of thiazole rings is 1. The van der Waals surface area contributed by atoms with Gasteiger partial charge in [0.1, 0.15) is 0 Å². The first kappa shape index (κ1) is 18.0. The second-order valence-electron chi connectivity index (χ2n) is 4.73. The fourth-order valence-electron chi connectivity index (χ4n) is 2.00. The summed E-state index contributed by atoms with van der Waals surface area (Å²) >= 11 is 7.22. The molecule has 10 heteroatoms. The number of thioether (sulfide) groups is 1. The lowest BCUT2D eigenvalue weighted by atomic mass is 10.2. The fraction of sp³-hybridized carbons (Fsp3) is 0.0667. The van der Waals surface area contributed by atoms with Gasteiger partial charge in [-0.05, 0) is 30.3 Å². The highest BCUT2D eigenvalue weighted by Crippen LogP contribution is 2.33. The van der Waals surface area contributed by atoms with Crippen molar-refractivity contribution < 1.29 is 22.4 Å². The molecule has 0 radical (unpaired) electrons. The Labute approximate surface area is 152 Å². The predicted molar refractivity (Wildman–Crippen MR) is 90.8 cm³/mol. The Morgan fingerprint density at radius 2 is 1.92 bits per heavy atom. The number of amides is 1. The van der Waals surface area contributed by atoms with E-state index >= 15 is 0 Å². The minimum atomic E-state index is -2.54. The molecule has 2 aromatic carbocycles. The maximum Gasteiger partial charge on any atom is 0.288 e. The average Bonchev–Trinajstić information content (AvgIpc) is 2.91. The zero-order chi connectivity index (χ0) is 18.1. The largest absolute Gasteiger partial charge is 0.298 e. The lowest BCUT2D eigenvalue weighted by Gasteiger charge is -2.04. The molecule has 1 aromatic heterocycles. The number of alkyl halides is 2. The van der Waals surface area contributed by atoms with Crippen LogP contribution in [0, 0.1) is 11.6 Å². The van der Waals surface area contributed by atoms with Crippen LogP contribution in [0.3, 0.4) is 0 Å². The number of halogens is 5. The number of aromatic nitrogens is 1. The Hall–Kier alpha value is -1.84. The van der Waals surface area contributed by atoms with Crippen LogP contribution in [0.25, 0.3) is 10.2 Å². The third kappa shape index (κ3) is 4.05. The Morgan fingerprint density at radius 3 is 2.64 bits per heavy atom. The first-order valence-corrected chi connectivity index (χ1v) is 8.72. The minimum Gasteiger partial charge on any atom is -0.298 e. The first-order valence-electron chi connectivity index (χ1n) is 6.65. The maximum absolute atomic E-state index is 13.3. The number of hydrogen-bond donors (Lipinski definition) is 1. The highest BCUT2D eigenvalue weighted by atomic mass is 35.5. The number of carbonyl (C=O) groups excluding carboxylic acids is 1. The summed E-state index contributed by atoms with van der Waals surface area (Å²) < 4.78 is 51.8. The molecule has 3 aromatic rings. The zero-order valence-electron chi connectivity index (χ0n) is 12.0. The molecule has 0 aliphatic carbocycles. The second kappa shape index (κ2) is 7.19. The van der Waals surface area contributed by atoms with Crippen molar-refractivity contribution in [2.24, 2.45) is 0 Å². The quantitative estimate of drug-likeness (QED) is 0.338. The number of fused-ring (bicyclic) bond motifs is 1. The molecule has 0 aliphatic rings. The van der Waals surface area contributed by atoms with E-state index in [1.54, 1.807) is 6.07 Å². The van der Waals surface area contributed by atoms with E-state index in [1.165, 1.54) is 12.1 Å². The third-order valence-electron chi connectivity index (χ3n) is 3.06. The molecule has 0 unspecified atom stereocenters. The molecule has 0 saturated carbocycles. The minimum absolute atomic E-state index is 0.181. The zero-order valence-corrected chi connectivity index (χ0v) is 14.4. The van der Waals surface area contributed by atoms with Crippen LogP contribution in [0.2, 0.25) is 5.02 Å². The van der Waals surface area contributed by atoms with Crippen molar-refractivity contribution in [3.8, 4) is 0 Å².